The molecule has 38 heavy (non-hydrogen) atoms. The van der Waals surface area contributed by atoms with E-state index in [1.54, 1.807) is 0 Å². The predicted octanol–water partition coefficient (Wildman–Crippen LogP) is 3.60. The molecule has 8 nitrogen and oxygen atoms in total. The van der Waals surface area contributed by atoms with E-state index in [0.717, 1.165) is 76.2 Å². The summed E-state index contributed by atoms with van der Waals surface area (Å²) < 4.78 is 0. The summed E-state index contributed by atoms with van der Waals surface area (Å²) in [5.74, 6) is 2.07. The standard InChI is InChI=1S/C30H42N6O2/c1-20-27(21(2)32-30(31-20)34(3)4)29(38)36-18-24-16-35(17-25(24)19-36)15-14-26(22-10-6-5-7-11-22)33-28(37)23-12-8-9-13-23/h5-7,10-11,23-26H,8-9,12-19H2,1-4H3,(H,33,37)/t24-,25?,26?/m1/s1. The van der Waals surface area contributed by atoms with Gasteiger partial charge >= 0.3 is 0 Å². The number of likely N-dealkylation sites (tertiary alicyclic amines) is 2. The first-order valence-corrected chi connectivity index (χ1v) is 14.2. The van der Waals surface area contributed by atoms with Gasteiger partial charge in [0.25, 0.3) is 5.91 Å². The molecular weight excluding hydrogens is 476 g/mol. The third-order valence-electron chi connectivity index (χ3n) is 8.70. The Kier molecular flexibility index (Phi) is 7.98. The average molecular weight is 519 g/mol. The van der Waals surface area contributed by atoms with Crippen molar-refractivity contribution in [1.82, 2.24) is 25.1 Å². The quantitative estimate of drug-likeness (QED) is 0.575. The highest BCUT2D eigenvalue weighted by atomic mass is 16.2. The van der Waals surface area contributed by atoms with Crippen molar-refractivity contribution >= 4 is 17.8 Å². The van der Waals surface area contributed by atoms with Crippen LogP contribution in [0.25, 0.3) is 0 Å². The Morgan fingerprint density at radius 2 is 1.58 bits per heavy atom. The maximum atomic E-state index is 13.4. The third-order valence-corrected chi connectivity index (χ3v) is 8.70. The fraction of sp³-hybridized carbons (Fsp3) is 0.600. The zero-order chi connectivity index (χ0) is 26.8. The molecule has 2 amide bonds. The first-order chi connectivity index (χ1) is 18.3. The Morgan fingerprint density at radius 3 is 2.16 bits per heavy atom. The van der Waals surface area contributed by atoms with Crippen molar-refractivity contribution in [1.29, 1.82) is 0 Å². The number of carbonyl (C=O) groups excluding carboxylic acids is 2. The van der Waals surface area contributed by atoms with Gasteiger partial charge in [-0.25, -0.2) is 9.97 Å². The Labute approximate surface area is 226 Å². The van der Waals surface area contributed by atoms with Crippen LogP contribution >= 0.6 is 0 Å². The summed E-state index contributed by atoms with van der Waals surface area (Å²) >= 11 is 0. The lowest BCUT2D eigenvalue weighted by atomic mass is 10.0. The van der Waals surface area contributed by atoms with Gasteiger partial charge in [0.2, 0.25) is 11.9 Å². The van der Waals surface area contributed by atoms with Crippen LogP contribution in [0.15, 0.2) is 30.3 Å². The molecule has 1 N–H and O–H groups in total. The minimum Gasteiger partial charge on any atom is -0.349 e. The summed E-state index contributed by atoms with van der Waals surface area (Å²) in [6, 6.07) is 10.4. The highest BCUT2D eigenvalue weighted by molar-refractivity contribution is 5.96. The second kappa shape index (κ2) is 11.4. The molecule has 2 saturated heterocycles. The normalized spacial score (nSPS) is 22.5. The molecule has 1 aliphatic carbocycles. The second-order valence-corrected chi connectivity index (χ2v) is 11.7. The number of nitrogens with zero attached hydrogens (tertiary/aromatic N) is 5. The van der Waals surface area contributed by atoms with E-state index in [4.69, 9.17) is 0 Å². The van der Waals surface area contributed by atoms with Gasteiger partial charge in [-0.1, -0.05) is 43.2 Å². The highest BCUT2D eigenvalue weighted by Gasteiger charge is 2.42. The fourth-order valence-corrected chi connectivity index (χ4v) is 6.60. The van der Waals surface area contributed by atoms with Crippen LogP contribution in [-0.2, 0) is 4.79 Å². The van der Waals surface area contributed by atoms with Gasteiger partial charge in [-0.15, -0.1) is 0 Å². The zero-order valence-corrected chi connectivity index (χ0v) is 23.3. The number of aryl methyl sites for hydroxylation is 2. The van der Waals surface area contributed by atoms with Crippen LogP contribution in [0.2, 0.25) is 0 Å². The van der Waals surface area contributed by atoms with Crippen molar-refractivity contribution in [2.24, 2.45) is 17.8 Å². The molecule has 1 aromatic carbocycles. The van der Waals surface area contributed by atoms with Crippen LogP contribution < -0.4 is 10.2 Å². The Morgan fingerprint density at radius 1 is 0.974 bits per heavy atom. The monoisotopic (exact) mass is 518 g/mol. The molecule has 1 saturated carbocycles. The molecule has 0 radical (unpaired) electrons. The molecule has 0 bridgehead atoms. The van der Waals surface area contributed by atoms with Crippen molar-refractivity contribution in [3.8, 4) is 0 Å². The number of hydrogen-bond acceptors (Lipinski definition) is 6. The van der Waals surface area contributed by atoms with Crippen LogP contribution in [0.5, 0.6) is 0 Å². The van der Waals surface area contributed by atoms with Gasteiger partial charge in [-0.2, -0.15) is 0 Å². The molecule has 1 aromatic heterocycles. The SMILES string of the molecule is Cc1nc(N(C)C)nc(C)c1C(=O)N1CC2CN(CCC(NC(=O)C3CCCC3)c3ccccc3)C[C@@H]2C1. The summed E-state index contributed by atoms with van der Waals surface area (Å²) in [5, 5.41) is 3.38. The molecular formula is C30H42N6O2. The zero-order valence-electron chi connectivity index (χ0n) is 23.3. The number of fused-ring (bicyclic) bond motifs is 1. The lowest BCUT2D eigenvalue weighted by Crippen LogP contribution is -2.37. The van der Waals surface area contributed by atoms with E-state index in [9.17, 15) is 9.59 Å². The van der Waals surface area contributed by atoms with Gasteiger partial charge in [0.05, 0.1) is 23.0 Å². The first kappa shape index (κ1) is 26.6. The number of anilines is 1. The lowest BCUT2D eigenvalue weighted by Gasteiger charge is -2.26. The number of rotatable bonds is 8. The van der Waals surface area contributed by atoms with Crippen LogP contribution in [0, 0.1) is 31.6 Å². The molecule has 2 aliphatic heterocycles. The molecule has 3 atom stereocenters. The van der Waals surface area contributed by atoms with Crippen LogP contribution in [0.4, 0.5) is 5.95 Å². The van der Waals surface area contributed by atoms with Gasteiger partial charge in [0.15, 0.2) is 0 Å². The predicted molar refractivity (Wildman–Crippen MR) is 149 cm³/mol. The Bertz CT molecular complexity index is 1110. The second-order valence-electron chi connectivity index (χ2n) is 11.7. The molecule has 3 heterocycles. The number of aromatic nitrogens is 2. The maximum absolute atomic E-state index is 13.4. The van der Waals surface area contributed by atoms with Gasteiger partial charge < -0.3 is 20.0 Å². The minimum absolute atomic E-state index is 0.0407. The van der Waals surface area contributed by atoms with Crippen molar-refractivity contribution in [3.63, 3.8) is 0 Å². The largest absolute Gasteiger partial charge is 0.349 e. The molecule has 0 spiro atoms. The van der Waals surface area contributed by atoms with Gasteiger partial charge in [-0.3, -0.25) is 9.59 Å². The van der Waals surface area contributed by atoms with Gasteiger partial charge in [0, 0.05) is 52.7 Å². The van der Waals surface area contributed by atoms with E-state index in [1.807, 2.05) is 43.8 Å². The fourth-order valence-electron chi connectivity index (χ4n) is 6.60. The van der Waals surface area contributed by atoms with E-state index in [0.29, 0.717) is 23.3 Å². The topological polar surface area (TPSA) is 81.7 Å². The highest BCUT2D eigenvalue weighted by Crippen LogP contribution is 2.33. The van der Waals surface area contributed by atoms with Crippen molar-refractivity contribution < 1.29 is 9.59 Å². The molecule has 2 aromatic rings. The summed E-state index contributed by atoms with van der Waals surface area (Å²) in [5.41, 5.74) is 3.33. The molecule has 2 unspecified atom stereocenters. The Balaban J connectivity index is 1.17. The maximum Gasteiger partial charge on any atom is 0.257 e. The van der Waals surface area contributed by atoms with Crippen molar-refractivity contribution in [2.75, 3.05) is 51.7 Å². The first-order valence-electron chi connectivity index (χ1n) is 14.2. The summed E-state index contributed by atoms with van der Waals surface area (Å²) in [6.45, 7) is 8.33. The summed E-state index contributed by atoms with van der Waals surface area (Å²) in [4.78, 5) is 41.9. The van der Waals surface area contributed by atoms with E-state index >= 15 is 0 Å². The van der Waals surface area contributed by atoms with Gasteiger partial charge in [0.1, 0.15) is 0 Å². The number of amides is 2. The number of nitrogens with one attached hydrogen (secondary N) is 1. The molecule has 8 heteroatoms. The van der Waals surface area contributed by atoms with Crippen molar-refractivity contribution in [2.45, 2.75) is 52.0 Å². The van der Waals surface area contributed by atoms with E-state index in [1.165, 1.54) is 5.56 Å². The van der Waals surface area contributed by atoms with E-state index in [-0.39, 0.29) is 23.8 Å². The smallest absolute Gasteiger partial charge is 0.257 e. The molecule has 3 aliphatic rings. The summed E-state index contributed by atoms with van der Waals surface area (Å²) in [6.07, 6.45) is 5.26. The third kappa shape index (κ3) is 5.70. The molecule has 3 fully saturated rings. The Hall–Kier alpha value is -3.00. The molecule has 204 valence electrons. The minimum atomic E-state index is 0.0407. The van der Waals surface area contributed by atoms with Gasteiger partial charge in [-0.05, 0) is 50.5 Å². The van der Waals surface area contributed by atoms with Crippen LogP contribution in [0.1, 0.15) is 65.5 Å². The molecule has 5 rings (SSSR count). The van der Waals surface area contributed by atoms with Crippen molar-refractivity contribution in [3.05, 3.63) is 52.8 Å². The number of benzene rings is 1. The van der Waals surface area contributed by atoms with Crippen LogP contribution in [-0.4, -0.2) is 78.4 Å². The van der Waals surface area contributed by atoms with E-state index < -0.39 is 0 Å². The average Bonchev–Trinajstić information content (AvgIpc) is 3.63. The number of hydrogen-bond donors (Lipinski definition) is 1. The van der Waals surface area contributed by atoms with Crippen LogP contribution in [0.3, 0.4) is 0 Å². The van der Waals surface area contributed by atoms with E-state index in [2.05, 4.69) is 44.5 Å². The lowest BCUT2D eigenvalue weighted by molar-refractivity contribution is -0.125. The summed E-state index contributed by atoms with van der Waals surface area (Å²) in [7, 11) is 3.82. The number of carbonyl (C=O) groups is 2.